The second-order valence-corrected chi connectivity index (χ2v) is 5.50. The van der Waals surface area contributed by atoms with Crippen LogP contribution in [0.15, 0.2) is 22.6 Å². The van der Waals surface area contributed by atoms with Gasteiger partial charge in [0.25, 0.3) is 0 Å². The third-order valence-electron chi connectivity index (χ3n) is 3.25. The topological polar surface area (TPSA) is 41.3 Å². The predicted molar refractivity (Wildman–Crippen MR) is 78.3 cm³/mol. The highest BCUT2D eigenvalue weighted by Crippen LogP contribution is 2.23. The van der Waals surface area contributed by atoms with Crippen molar-refractivity contribution >= 4 is 11.1 Å². The molecule has 4 nitrogen and oxygen atoms in total. The van der Waals surface area contributed by atoms with Gasteiger partial charge >= 0.3 is 0 Å². The van der Waals surface area contributed by atoms with Crippen LogP contribution in [-0.4, -0.2) is 36.6 Å². The molecular formula is C15H23N3O. The van der Waals surface area contributed by atoms with Crippen molar-refractivity contribution in [3.63, 3.8) is 0 Å². The molecule has 1 unspecified atom stereocenters. The minimum atomic E-state index is 0.331. The molecule has 4 heteroatoms. The lowest BCUT2D eigenvalue weighted by Gasteiger charge is -2.26. The first kappa shape index (κ1) is 14.0. The van der Waals surface area contributed by atoms with Crippen molar-refractivity contribution in [2.24, 2.45) is 0 Å². The SMILES string of the molecule is Cc1nc2ccc(C(CNC(C)C)N(C)C)cc2o1. The van der Waals surface area contributed by atoms with E-state index in [0.29, 0.717) is 18.0 Å². The van der Waals surface area contributed by atoms with E-state index in [1.165, 1.54) is 5.56 Å². The molecule has 1 N–H and O–H groups in total. The lowest BCUT2D eigenvalue weighted by Crippen LogP contribution is -2.34. The molecule has 2 rings (SSSR count). The fraction of sp³-hybridized carbons (Fsp3) is 0.533. The molecule has 2 aromatic rings. The monoisotopic (exact) mass is 261 g/mol. The van der Waals surface area contributed by atoms with E-state index in [1.807, 2.05) is 13.0 Å². The summed E-state index contributed by atoms with van der Waals surface area (Å²) in [5.41, 5.74) is 3.05. The number of rotatable bonds is 5. The number of fused-ring (bicyclic) bond motifs is 1. The summed E-state index contributed by atoms with van der Waals surface area (Å²) in [5, 5.41) is 3.49. The average molecular weight is 261 g/mol. The van der Waals surface area contributed by atoms with Gasteiger partial charge in [-0.05, 0) is 31.8 Å². The number of likely N-dealkylation sites (N-methyl/N-ethyl adjacent to an activating group) is 1. The van der Waals surface area contributed by atoms with E-state index in [9.17, 15) is 0 Å². The summed E-state index contributed by atoms with van der Waals surface area (Å²) in [6.07, 6.45) is 0. The predicted octanol–water partition coefficient (Wildman–Crippen LogP) is 2.74. The lowest BCUT2D eigenvalue weighted by molar-refractivity contribution is 0.283. The molecule has 0 aliphatic carbocycles. The zero-order chi connectivity index (χ0) is 14.0. The molecule has 1 aromatic heterocycles. The molecular weight excluding hydrogens is 238 g/mol. The van der Waals surface area contributed by atoms with Crippen LogP contribution in [0.3, 0.4) is 0 Å². The van der Waals surface area contributed by atoms with Crippen molar-refractivity contribution < 1.29 is 4.42 Å². The van der Waals surface area contributed by atoms with Crippen LogP contribution in [0.25, 0.3) is 11.1 Å². The number of hydrogen-bond acceptors (Lipinski definition) is 4. The van der Waals surface area contributed by atoms with Crippen LogP contribution in [-0.2, 0) is 0 Å². The van der Waals surface area contributed by atoms with Crippen molar-refractivity contribution in [2.75, 3.05) is 20.6 Å². The Labute approximate surface area is 114 Å². The Hall–Kier alpha value is -1.39. The molecule has 0 radical (unpaired) electrons. The number of nitrogens with zero attached hydrogens (tertiary/aromatic N) is 2. The number of nitrogens with one attached hydrogen (secondary N) is 1. The molecule has 19 heavy (non-hydrogen) atoms. The maximum Gasteiger partial charge on any atom is 0.192 e. The number of aromatic nitrogens is 1. The van der Waals surface area contributed by atoms with E-state index >= 15 is 0 Å². The van der Waals surface area contributed by atoms with E-state index in [1.54, 1.807) is 0 Å². The van der Waals surface area contributed by atoms with Crippen molar-refractivity contribution in [3.8, 4) is 0 Å². The maximum absolute atomic E-state index is 5.61. The summed E-state index contributed by atoms with van der Waals surface area (Å²) in [6.45, 7) is 7.12. The Bertz CT molecular complexity index is 545. The van der Waals surface area contributed by atoms with Crippen LogP contribution >= 0.6 is 0 Å². The molecule has 1 atom stereocenters. The van der Waals surface area contributed by atoms with Gasteiger partial charge in [0.1, 0.15) is 5.52 Å². The molecule has 0 saturated heterocycles. The summed E-state index contributed by atoms with van der Waals surface area (Å²) in [4.78, 5) is 6.56. The zero-order valence-corrected chi connectivity index (χ0v) is 12.4. The Kier molecular flexibility index (Phi) is 4.22. The minimum Gasteiger partial charge on any atom is -0.441 e. The fourth-order valence-corrected chi connectivity index (χ4v) is 2.21. The van der Waals surface area contributed by atoms with Crippen LogP contribution in [0.4, 0.5) is 0 Å². The molecule has 104 valence electrons. The van der Waals surface area contributed by atoms with Crippen molar-refractivity contribution in [2.45, 2.75) is 32.9 Å². The lowest BCUT2D eigenvalue weighted by atomic mass is 10.1. The number of oxazole rings is 1. The Morgan fingerprint density at radius 3 is 2.68 bits per heavy atom. The van der Waals surface area contributed by atoms with Gasteiger partial charge in [-0.25, -0.2) is 4.98 Å². The first-order valence-corrected chi connectivity index (χ1v) is 6.74. The Morgan fingerprint density at radius 2 is 2.05 bits per heavy atom. The normalized spacial score (nSPS) is 13.6. The van der Waals surface area contributed by atoms with Gasteiger partial charge in [0.15, 0.2) is 11.5 Å². The Balaban J connectivity index is 2.27. The summed E-state index contributed by atoms with van der Waals surface area (Å²) >= 11 is 0. The number of aryl methyl sites for hydroxylation is 1. The highest BCUT2D eigenvalue weighted by Gasteiger charge is 2.15. The molecule has 1 heterocycles. The van der Waals surface area contributed by atoms with E-state index in [2.05, 4.69) is 55.3 Å². The molecule has 0 saturated carbocycles. The molecule has 1 aromatic carbocycles. The van der Waals surface area contributed by atoms with Gasteiger partial charge < -0.3 is 14.6 Å². The number of hydrogen-bond donors (Lipinski definition) is 1. The molecule has 0 amide bonds. The third kappa shape index (κ3) is 3.33. The van der Waals surface area contributed by atoms with Gasteiger partial charge in [0, 0.05) is 25.6 Å². The van der Waals surface area contributed by atoms with Crippen molar-refractivity contribution in [1.29, 1.82) is 0 Å². The maximum atomic E-state index is 5.61. The van der Waals surface area contributed by atoms with E-state index in [-0.39, 0.29) is 0 Å². The van der Waals surface area contributed by atoms with Gasteiger partial charge in [-0.1, -0.05) is 19.9 Å². The molecule has 0 spiro atoms. The van der Waals surface area contributed by atoms with Gasteiger partial charge in [-0.3, -0.25) is 0 Å². The first-order valence-electron chi connectivity index (χ1n) is 6.74. The quantitative estimate of drug-likeness (QED) is 0.898. The molecule has 0 aliphatic rings. The van der Waals surface area contributed by atoms with Gasteiger partial charge in [0.2, 0.25) is 0 Å². The second-order valence-electron chi connectivity index (χ2n) is 5.50. The second kappa shape index (κ2) is 5.72. The van der Waals surface area contributed by atoms with Crippen molar-refractivity contribution in [3.05, 3.63) is 29.7 Å². The Morgan fingerprint density at radius 1 is 1.32 bits per heavy atom. The van der Waals surface area contributed by atoms with E-state index in [0.717, 1.165) is 17.6 Å². The molecule has 0 bridgehead atoms. The highest BCUT2D eigenvalue weighted by atomic mass is 16.3. The first-order chi connectivity index (χ1) is 8.97. The standard InChI is InChI=1S/C15H23N3O/c1-10(2)16-9-14(18(4)5)12-6-7-13-15(8-12)19-11(3)17-13/h6-8,10,14,16H,9H2,1-5H3. The van der Waals surface area contributed by atoms with E-state index < -0.39 is 0 Å². The smallest absolute Gasteiger partial charge is 0.192 e. The van der Waals surface area contributed by atoms with Crippen LogP contribution < -0.4 is 5.32 Å². The zero-order valence-electron chi connectivity index (χ0n) is 12.4. The van der Waals surface area contributed by atoms with Crippen LogP contribution in [0, 0.1) is 6.92 Å². The van der Waals surface area contributed by atoms with Gasteiger partial charge in [-0.15, -0.1) is 0 Å². The summed E-state index contributed by atoms with van der Waals surface area (Å²) < 4.78 is 5.61. The van der Waals surface area contributed by atoms with Crippen LogP contribution in [0.5, 0.6) is 0 Å². The molecule has 0 fully saturated rings. The fourth-order valence-electron chi connectivity index (χ4n) is 2.21. The van der Waals surface area contributed by atoms with Gasteiger partial charge in [0.05, 0.1) is 0 Å². The number of benzene rings is 1. The van der Waals surface area contributed by atoms with Gasteiger partial charge in [-0.2, -0.15) is 0 Å². The van der Waals surface area contributed by atoms with Crippen molar-refractivity contribution in [1.82, 2.24) is 15.2 Å². The molecule has 0 aliphatic heterocycles. The highest BCUT2D eigenvalue weighted by molar-refractivity contribution is 5.73. The van der Waals surface area contributed by atoms with E-state index in [4.69, 9.17) is 4.42 Å². The minimum absolute atomic E-state index is 0.331. The largest absolute Gasteiger partial charge is 0.441 e. The average Bonchev–Trinajstić information content (AvgIpc) is 2.67. The summed E-state index contributed by atoms with van der Waals surface area (Å²) in [6, 6.07) is 7.09. The van der Waals surface area contributed by atoms with Crippen LogP contribution in [0.2, 0.25) is 0 Å². The summed E-state index contributed by atoms with van der Waals surface area (Å²) in [7, 11) is 4.20. The van der Waals surface area contributed by atoms with Crippen LogP contribution in [0.1, 0.15) is 31.3 Å². The third-order valence-corrected chi connectivity index (χ3v) is 3.25. The summed E-state index contributed by atoms with van der Waals surface area (Å²) in [5.74, 6) is 0.717.